The number of alkyl halides is 3. The van der Waals surface area contributed by atoms with Crippen molar-refractivity contribution in [1.82, 2.24) is 15.6 Å². The number of carbonyl (C=O) groups is 2. The molecule has 3 heterocycles. The standard InChI is InChI=1S/C23H20F3N3O3/c24-23(25,26)15-3-1-13(2-4-15)18(12-16-5-8-20(30)28-16)19-7-6-17(22(32)29-19)14-9-10-27-21(31)11-14/h1-4,6-7,9,12,16H,5,8,10-11H2,(H,27,31)(H,28,30)(H,29,32)/t16-/m1/s1. The molecule has 2 aromatic rings. The summed E-state index contributed by atoms with van der Waals surface area (Å²) in [7, 11) is 0. The topological polar surface area (TPSA) is 91.1 Å². The Hall–Kier alpha value is -3.62. The number of hydrogen-bond acceptors (Lipinski definition) is 3. The van der Waals surface area contributed by atoms with Crippen molar-refractivity contribution < 1.29 is 22.8 Å². The first-order valence-electron chi connectivity index (χ1n) is 10.1. The first kappa shape index (κ1) is 21.6. The van der Waals surface area contributed by atoms with E-state index in [1.807, 2.05) is 0 Å². The van der Waals surface area contributed by atoms with Crippen LogP contribution in [-0.4, -0.2) is 29.4 Å². The zero-order chi connectivity index (χ0) is 22.9. The lowest BCUT2D eigenvalue weighted by Gasteiger charge is -2.16. The molecule has 32 heavy (non-hydrogen) atoms. The lowest BCUT2D eigenvalue weighted by atomic mass is 9.96. The highest BCUT2D eigenvalue weighted by molar-refractivity contribution is 5.91. The zero-order valence-corrected chi connectivity index (χ0v) is 16.9. The summed E-state index contributed by atoms with van der Waals surface area (Å²) < 4.78 is 38.9. The average Bonchev–Trinajstić information content (AvgIpc) is 3.16. The Labute approximate surface area is 181 Å². The minimum atomic E-state index is -4.46. The quantitative estimate of drug-likeness (QED) is 0.679. The van der Waals surface area contributed by atoms with Crippen molar-refractivity contribution in [3.8, 4) is 0 Å². The summed E-state index contributed by atoms with van der Waals surface area (Å²) in [5.41, 5.74) is 1.18. The van der Waals surface area contributed by atoms with Crippen molar-refractivity contribution in [2.75, 3.05) is 6.54 Å². The van der Waals surface area contributed by atoms with E-state index in [4.69, 9.17) is 0 Å². The molecule has 3 N–H and O–H groups in total. The molecule has 1 fully saturated rings. The van der Waals surface area contributed by atoms with Gasteiger partial charge in [-0.2, -0.15) is 13.2 Å². The number of carbonyl (C=O) groups excluding carboxylic acids is 2. The van der Waals surface area contributed by atoms with Gasteiger partial charge in [0.1, 0.15) is 0 Å². The third kappa shape index (κ3) is 4.66. The van der Waals surface area contributed by atoms with Gasteiger partial charge in [-0.1, -0.05) is 24.3 Å². The largest absolute Gasteiger partial charge is 0.416 e. The third-order valence-corrected chi connectivity index (χ3v) is 5.46. The highest BCUT2D eigenvalue weighted by atomic mass is 19.4. The van der Waals surface area contributed by atoms with E-state index in [0.717, 1.165) is 12.1 Å². The van der Waals surface area contributed by atoms with E-state index in [1.165, 1.54) is 12.1 Å². The minimum absolute atomic E-state index is 0.0954. The number of aromatic amines is 1. The molecule has 9 heteroatoms. The molecule has 1 saturated heterocycles. The van der Waals surface area contributed by atoms with Gasteiger partial charge in [0, 0.05) is 35.8 Å². The lowest BCUT2D eigenvalue weighted by molar-refractivity contribution is -0.137. The molecule has 1 aromatic heterocycles. The highest BCUT2D eigenvalue weighted by Gasteiger charge is 2.30. The smallest absolute Gasteiger partial charge is 0.352 e. The van der Waals surface area contributed by atoms with Gasteiger partial charge in [0.05, 0.1) is 12.0 Å². The van der Waals surface area contributed by atoms with Crippen LogP contribution in [0.5, 0.6) is 0 Å². The van der Waals surface area contributed by atoms with Crippen molar-refractivity contribution in [2.45, 2.75) is 31.5 Å². The number of aromatic nitrogens is 1. The normalized spacial score (nSPS) is 19.4. The molecule has 6 nitrogen and oxygen atoms in total. The van der Waals surface area contributed by atoms with Crippen LogP contribution in [0.3, 0.4) is 0 Å². The molecule has 0 radical (unpaired) electrons. The van der Waals surface area contributed by atoms with Crippen LogP contribution in [-0.2, 0) is 15.8 Å². The molecule has 0 unspecified atom stereocenters. The van der Waals surface area contributed by atoms with Crippen LogP contribution in [0.25, 0.3) is 11.1 Å². The molecule has 0 saturated carbocycles. The van der Waals surface area contributed by atoms with E-state index in [1.54, 1.807) is 24.3 Å². The molecule has 0 bridgehead atoms. The first-order chi connectivity index (χ1) is 15.2. The molecule has 1 aromatic carbocycles. The molecule has 2 aliphatic heterocycles. The second-order valence-corrected chi connectivity index (χ2v) is 7.69. The summed E-state index contributed by atoms with van der Waals surface area (Å²) in [6.45, 7) is 0.341. The molecule has 0 aliphatic carbocycles. The fourth-order valence-electron chi connectivity index (χ4n) is 3.83. The molecule has 0 spiro atoms. The summed E-state index contributed by atoms with van der Waals surface area (Å²) in [5.74, 6) is -0.280. The SMILES string of the molecule is O=C1CC(c2ccc(C(=C[C@H]3CCC(=O)N3)c3ccc(C(F)(F)F)cc3)[nH]c2=O)=CCN1. The fourth-order valence-corrected chi connectivity index (χ4v) is 3.83. The van der Waals surface area contributed by atoms with Gasteiger partial charge in [0.2, 0.25) is 11.8 Å². The molecular formula is C23H20F3N3O3. The van der Waals surface area contributed by atoms with Crippen LogP contribution in [0.4, 0.5) is 13.2 Å². The number of nitrogens with one attached hydrogen (secondary N) is 3. The van der Waals surface area contributed by atoms with E-state index in [9.17, 15) is 27.6 Å². The molecule has 4 rings (SSSR count). The number of pyridine rings is 1. The van der Waals surface area contributed by atoms with Crippen LogP contribution in [0.1, 0.15) is 41.6 Å². The molecule has 2 aliphatic rings. The van der Waals surface area contributed by atoms with E-state index in [-0.39, 0.29) is 24.3 Å². The Morgan fingerprint density at radius 3 is 2.34 bits per heavy atom. The molecule has 166 valence electrons. The summed E-state index contributed by atoms with van der Waals surface area (Å²) >= 11 is 0. The van der Waals surface area contributed by atoms with Gasteiger partial charge in [-0.3, -0.25) is 14.4 Å². The van der Waals surface area contributed by atoms with E-state index >= 15 is 0 Å². The zero-order valence-electron chi connectivity index (χ0n) is 16.9. The lowest BCUT2D eigenvalue weighted by Crippen LogP contribution is -2.28. The van der Waals surface area contributed by atoms with Crippen LogP contribution < -0.4 is 16.2 Å². The van der Waals surface area contributed by atoms with Crippen molar-refractivity contribution in [3.05, 3.63) is 81.3 Å². The maximum atomic E-state index is 13.0. The predicted molar refractivity (Wildman–Crippen MR) is 112 cm³/mol. The third-order valence-electron chi connectivity index (χ3n) is 5.46. The van der Waals surface area contributed by atoms with E-state index in [0.29, 0.717) is 47.4 Å². The minimum Gasteiger partial charge on any atom is -0.352 e. The molecule has 1 atom stereocenters. The molecule has 2 amide bonds. The van der Waals surface area contributed by atoms with Gasteiger partial charge < -0.3 is 15.6 Å². The van der Waals surface area contributed by atoms with Crippen molar-refractivity contribution >= 4 is 23.0 Å². The van der Waals surface area contributed by atoms with Crippen LogP contribution >= 0.6 is 0 Å². The second-order valence-electron chi connectivity index (χ2n) is 7.69. The van der Waals surface area contributed by atoms with E-state index < -0.39 is 17.3 Å². The van der Waals surface area contributed by atoms with Crippen molar-refractivity contribution in [2.24, 2.45) is 0 Å². The summed E-state index contributed by atoms with van der Waals surface area (Å²) in [5, 5.41) is 5.46. The monoisotopic (exact) mass is 443 g/mol. The first-order valence-corrected chi connectivity index (χ1v) is 10.1. The van der Waals surface area contributed by atoms with Gasteiger partial charge in [0.25, 0.3) is 5.56 Å². The Balaban J connectivity index is 1.73. The average molecular weight is 443 g/mol. The van der Waals surface area contributed by atoms with Crippen LogP contribution in [0, 0.1) is 0 Å². The summed E-state index contributed by atoms with van der Waals surface area (Å²) in [4.78, 5) is 38.8. The van der Waals surface area contributed by atoms with Gasteiger partial charge >= 0.3 is 6.18 Å². The summed E-state index contributed by atoms with van der Waals surface area (Å²) in [6.07, 6.45) is 0.0500. The number of halogens is 3. The maximum absolute atomic E-state index is 13.0. The number of rotatable bonds is 4. The van der Waals surface area contributed by atoms with Crippen LogP contribution in [0.15, 0.2) is 53.3 Å². The van der Waals surface area contributed by atoms with Gasteiger partial charge in [-0.25, -0.2) is 0 Å². The number of amides is 2. The van der Waals surface area contributed by atoms with E-state index in [2.05, 4.69) is 15.6 Å². The van der Waals surface area contributed by atoms with Gasteiger partial charge in [-0.15, -0.1) is 0 Å². The number of hydrogen-bond donors (Lipinski definition) is 3. The fraction of sp³-hybridized carbons (Fsp3) is 0.261. The highest BCUT2D eigenvalue weighted by Crippen LogP contribution is 2.31. The Kier molecular flexibility index (Phi) is 5.73. The maximum Gasteiger partial charge on any atom is 0.416 e. The Morgan fingerprint density at radius 1 is 1.00 bits per heavy atom. The number of benzene rings is 1. The van der Waals surface area contributed by atoms with Gasteiger partial charge in [0.15, 0.2) is 0 Å². The summed E-state index contributed by atoms with van der Waals surface area (Å²) in [6, 6.07) is 7.60. The second kappa shape index (κ2) is 8.49. The molecular weight excluding hydrogens is 423 g/mol. The Bertz CT molecular complexity index is 1180. The number of H-pyrrole nitrogens is 1. The Morgan fingerprint density at radius 2 is 1.75 bits per heavy atom. The van der Waals surface area contributed by atoms with Gasteiger partial charge in [-0.05, 0) is 41.8 Å². The van der Waals surface area contributed by atoms with Crippen molar-refractivity contribution in [1.29, 1.82) is 0 Å². The van der Waals surface area contributed by atoms with Crippen LogP contribution in [0.2, 0.25) is 0 Å². The predicted octanol–water partition coefficient (Wildman–Crippen LogP) is 3.01. The van der Waals surface area contributed by atoms with Crippen molar-refractivity contribution in [3.63, 3.8) is 0 Å².